The van der Waals surface area contributed by atoms with Crippen molar-refractivity contribution < 1.29 is 8.78 Å². The molecule has 1 atom stereocenters. The van der Waals surface area contributed by atoms with E-state index in [4.69, 9.17) is 0 Å². The molecule has 0 aliphatic carbocycles. The standard InChI is InChI=1S/C14H10BrF2N/c15-13(14(16)17)8-5-6-12-10(7-8)9-3-1-2-4-11(9)18-12/h1-7,13-14,18H. The van der Waals surface area contributed by atoms with Gasteiger partial charge >= 0.3 is 0 Å². The van der Waals surface area contributed by atoms with Crippen LogP contribution in [0, 0.1) is 0 Å². The van der Waals surface area contributed by atoms with E-state index in [1.165, 1.54) is 0 Å². The number of alkyl halides is 3. The maximum atomic E-state index is 12.7. The quantitative estimate of drug-likeness (QED) is 0.640. The van der Waals surface area contributed by atoms with E-state index in [9.17, 15) is 8.78 Å². The lowest BCUT2D eigenvalue weighted by atomic mass is 10.1. The van der Waals surface area contributed by atoms with Gasteiger partial charge in [-0.15, -0.1) is 0 Å². The number of para-hydroxylation sites is 1. The molecule has 3 rings (SSSR count). The summed E-state index contributed by atoms with van der Waals surface area (Å²) in [5.74, 6) is 0. The predicted molar refractivity (Wildman–Crippen MR) is 73.5 cm³/mol. The molecular weight excluding hydrogens is 300 g/mol. The van der Waals surface area contributed by atoms with Gasteiger partial charge in [0.2, 0.25) is 0 Å². The largest absolute Gasteiger partial charge is 0.355 e. The third kappa shape index (κ3) is 1.81. The van der Waals surface area contributed by atoms with Crippen LogP contribution in [-0.4, -0.2) is 11.4 Å². The number of fused-ring (bicyclic) bond motifs is 3. The van der Waals surface area contributed by atoms with E-state index < -0.39 is 11.3 Å². The van der Waals surface area contributed by atoms with Crippen LogP contribution in [0.25, 0.3) is 21.8 Å². The molecule has 0 aliphatic rings. The van der Waals surface area contributed by atoms with Crippen LogP contribution in [0.1, 0.15) is 10.4 Å². The van der Waals surface area contributed by atoms with Gasteiger partial charge in [-0.3, -0.25) is 0 Å². The molecule has 0 aliphatic heterocycles. The van der Waals surface area contributed by atoms with Crippen LogP contribution >= 0.6 is 15.9 Å². The number of aromatic nitrogens is 1. The molecule has 0 saturated carbocycles. The zero-order chi connectivity index (χ0) is 12.7. The van der Waals surface area contributed by atoms with Gasteiger partial charge in [0, 0.05) is 21.8 Å². The highest BCUT2D eigenvalue weighted by molar-refractivity contribution is 9.09. The average Bonchev–Trinajstić information content (AvgIpc) is 2.75. The molecule has 1 unspecified atom stereocenters. The number of halogens is 3. The van der Waals surface area contributed by atoms with Gasteiger partial charge in [-0.05, 0) is 23.8 Å². The fraction of sp³-hybridized carbons (Fsp3) is 0.143. The van der Waals surface area contributed by atoms with Gasteiger partial charge in [0.1, 0.15) is 4.83 Å². The Morgan fingerprint density at radius 1 is 0.944 bits per heavy atom. The van der Waals surface area contributed by atoms with Crippen molar-refractivity contribution in [3.05, 3.63) is 48.0 Å². The van der Waals surface area contributed by atoms with Gasteiger partial charge in [0.15, 0.2) is 0 Å². The molecule has 4 heteroatoms. The van der Waals surface area contributed by atoms with Crippen LogP contribution in [-0.2, 0) is 0 Å². The van der Waals surface area contributed by atoms with E-state index in [-0.39, 0.29) is 0 Å². The van der Waals surface area contributed by atoms with E-state index in [0.29, 0.717) is 5.56 Å². The summed E-state index contributed by atoms with van der Waals surface area (Å²) in [5.41, 5.74) is 2.59. The Balaban J connectivity index is 2.24. The maximum absolute atomic E-state index is 12.7. The van der Waals surface area contributed by atoms with E-state index in [1.54, 1.807) is 6.07 Å². The summed E-state index contributed by atoms with van der Waals surface area (Å²) < 4.78 is 25.4. The predicted octanol–water partition coefficient (Wildman–Crippen LogP) is 5.02. The Hall–Kier alpha value is -1.42. The molecule has 0 fully saturated rings. The summed E-state index contributed by atoms with van der Waals surface area (Å²) in [6, 6.07) is 13.3. The topological polar surface area (TPSA) is 15.8 Å². The van der Waals surface area contributed by atoms with Gasteiger partial charge in [-0.1, -0.05) is 40.2 Å². The lowest BCUT2D eigenvalue weighted by molar-refractivity contribution is 0.147. The first-order valence-corrected chi connectivity index (χ1v) is 6.51. The third-order valence-corrected chi connectivity index (χ3v) is 4.00. The third-order valence-electron chi connectivity index (χ3n) is 3.07. The normalized spacial score (nSPS) is 13.6. The number of nitrogens with one attached hydrogen (secondary N) is 1. The van der Waals surface area contributed by atoms with Crippen LogP contribution in [0.2, 0.25) is 0 Å². The molecule has 3 aromatic rings. The minimum Gasteiger partial charge on any atom is -0.355 e. The Morgan fingerprint density at radius 3 is 2.44 bits per heavy atom. The molecule has 1 nitrogen and oxygen atoms in total. The second-order valence-corrected chi connectivity index (χ2v) is 5.20. The zero-order valence-electron chi connectivity index (χ0n) is 9.33. The number of hydrogen-bond acceptors (Lipinski definition) is 0. The highest BCUT2D eigenvalue weighted by Crippen LogP contribution is 2.33. The number of benzene rings is 2. The average molecular weight is 310 g/mol. The minimum absolute atomic E-state index is 0.599. The molecule has 1 aromatic heterocycles. The lowest BCUT2D eigenvalue weighted by Crippen LogP contribution is -2.00. The monoisotopic (exact) mass is 309 g/mol. The fourth-order valence-electron chi connectivity index (χ4n) is 2.18. The fourth-order valence-corrected chi connectivity index (χ4v) is 2.47. The van der Waals surface area contributed by atoms with Crippen LogP contribution in [0.5, 0.6) is 0 Å². The molecule has 0 bridgehead atoms. The van der Waals surface area contributed by atoms with Crippen LogP contribution < -0.4 is 0 Å². The summed E-state index contributed by atoms with van der Waals surface area (Å²) in [7, 11) is 0. The SMILES string of the molecule is FC(F)C(Br)c1ccc2[nH]c3ccccc3c2c1. The lowest BCUT2D eigenvalue weighted by Gasteiger charge is -2.08. The number of aromatic amines is 1. The Morgan fingerprint density at radius 2 is 1.67 bits per heavy atom. The highest BCUT2D eigenvalue weighted by atomic mass is 79.9. The molecule has 0 amide bonds. The van der Waals surface area contributed by atoms with Crippen LogP contribution in [0.4, 0.5) is 8.78 Å². The molecule has 18 heavy (non-hydrogen) atoms. The van der Waals surface area contributed by atoms with Crippen LogP contribution in [0.3, 0.4) is 0 Å². The molecule has 2 aromatic carbocycles. The highest BCUT2D eigenvalue weighted by Gasteiger charge is 2.19. The summed E-state index contributed by atoms with van der Waals surface area (Å²) in [4.78, 5) is 2.35. The van der Waals surface area contributed by atoms with Crippen molar-refractivity contribution in [1.29, 1.82) is 0 Å². The molecule has 1 N–H and O–H groups in total. The molecular formula is C14H10BrF2N. The van der Waals surface area contributed by atoms with Crippen molar-refractivity contribution in [2.24, 2.45) is 0 Å². The van der Waals surface area contributed by atoms with Gasteiger partial charge in [0.25, 0.3) is 6.43 Å². The second kappa shape index (κ2) is 4.35. The van der Waals surface area contributed by atoms with Gasteiger partial charge < -0.3 is 4.98 Å². The first-order chi connectivity index (χ1) is 8.66. The smallest absolute Gasteiger partial charge is 0.255 e. The van der Waals surface area contributed by atoms with Gasteiger partial charge in [-0.2, -0.15) is 0 Å². The summed E-state index contributed by atoms with van der Waals surface area (Å²) in [6.45, 7) is 0. The maximum Gasteiger partial charge on any atom is 0.255 e. The van der Waals surface area contributed by atoms with Crippen molar-refractivity contribution >= 4 is 37.7 Å². The Kier molecular flexibility index (Phi) is 2.82. The number of H-pyrrole nitrogens is 1. The van der Waals surface area contributed by atoms with Crippen molar-refractivity contribution in [2.75, 3.05) is 0 Å². The first-order valence-electron chi connectivity index (χ1n) is 5.59. The van der Waals surface area contributed by atoms with Gasteiger partial charge in [0.05, 0.1) is 0 Å². The van der Waals surface area contributed by atoms with Crippen molar-refractivity contribution in [2.45, 2.75) is 11.3 Å². The van der Waals surface area contributed by atoms with E-state index >= 15 is 0 Å². The molecule has 0 spiro atoms. The molecule has 0 saturated heterocycles. The molecule has 1 heterocycles. The summed E-state index contributed by atoms with van der Waals surface area (Å²) in [6.07, 6.45) is -2.41. The molecule has 92 valence electrons. The Bertz CT molecular complexity index is 705. The summed E-state index contributed by atoms with van der Waals surface area (Å²) >= 11 is 3.03. The van der Waals surface area contributed by atoms with E-state index in [1.807, 2.05) is 36.4 Å². The van der Waals surface area contributed by atoms with Crippen molar-refractivity contribution in [3.63, 3.8) is 0 Å². The minimum atomic E-state index is -2.41. The zero-order valence-corrected chi connectivity index (χ0v) is 10.9. The Labute approximate surface area is 111 Å². The second-order valence-electron chi connectivity index (χ2n) is 4.21. The van der Waals surface area contributed by atoms with Crippen molar-refractivity contribution in [3.8, 4) is 0 Å². The number of rotatable bonds is 2. The first kappa shape index (κ1) is 11.7. The van der Waals surface area contributed by atoms with Crippen LogP contribution in [0.15, 0.2) is 42.5 Å². The van der Waals surface area contributed by atoms with E-state index in [0.717, 1.165) is 21.8 Å². The summed E-state index contributed by atoms with van der Waals surface area (Å²) in [5, 5.41) is 2.04. The van der Waals surface area contributed by atoms with Crippen molar-refractivity contribution in [1.82, 2.24) is 4.98 Å². The molecule has 0 radical (unpaired) electrons. The van der Waals surface area contributed by atoms with Gasteiger partial charge in [-0.25, -0.2) is 8.78 Å². The number of hydrogen-bond donors (Lipinski definition) is 1. The van der Waals surface area contributed by atoms with E-state index in [2.05, 4.69) is 20.9 Å².